The minimum Gasteiger partial charge on any atom is -0.444 e. The van der Waals surface area contributed by atoms with Gasteiger partial charge < -0.3 is 4.74 Å². The Hall–Kier alpha value is -2.33. The first-order chi connectivity index (χ1) is 9.89. The van der Waals surface area contributed by atoms with Gasteiger partial charge in [0.25, 0.3) is 10.0 Å². The third-order valence-corrected chi connectivity index (χ3v) is 4.61. The lowest BCUT2D eigenvalue weighted by Crippen LogP contribution is -2.37. The summed E-state index contributed by atoms with van der Waals surface area (Å²) in [5, 5.41) is 9.13. The van der Waals surface area contributed by atoms with Gasteiger partial charge in [-0.2, -0.15) is 5.26 Å². The monoisotopic (exact) mass is 308 g/mol. The van der Waals surface area contributed by atoms with E-state index >= 15 is 0 Å². The molecule has 0 saturated carbocycles. The lowest BCUT2D eigenvalue weighted by atomic mass is 10.1. The summed E-state index contributed by atoms with van der Waals surface area (Å²) in [5.74, 6) is 0. The van der Waals surface area contributed by atoms with Crippen LogP contribution in [0.3, 0.4) is 0 Å². The SMILES string of the molecule is C=CCOC(=O)N(CC)S(=O)(=O)c1cccc(C)c1C#N. The lowest BCUT2D eigenvalue weighted by Gasteiger charge is -2.20. The Kier molecular flexibility index (Phi) is 5.50. The lowest BCUT2D eigenvalue weighted by molar-refractivity contribution is 0.138. The molecule has 0 heterocycles. The molecule has 7 heteroatoms. The van der Waals surface area contributed by atoms with E-state index in [4.69, 9.17) is 10.00 Å². The van der Waals surface area contributed by atoms with Crippen molar-refractivity contribution in [2.24, 2.45) is 0 Å². The van der Waals surface area contributed by atoms with E-state index in [1.165, 1.54) is 25.1 Å². The van der Waals surface area contributed by atoms with Crippen LogP contribution in [0.1, 0.15) is 18.1 Å². The fourth-order valence-electron chi connectivity index (χ4n) is 1.72. The molecule has 0 aliphatic carbocycles. The second-order valence-electron chi connectivity index (χ2n) is 4.10. The maximum atomic E-state index is 12.5. The molecule has 0 spiro atoms. The van der Waals surface area contributed by atoms with E-state index < -0.39 is 16.1 Å². The molecule has 1 rings (SSSR count). The molecule has 0 aliphatic rings. The number of nitriles is 1. The number of sulfonamides is 1. The zero-order valence-electron chi connectivity index (χ0n) is 11.9. The number of nitrogens with zero attached hydrogens (tertiary/aromatic N) is 2. The van der Waals surface area contributed by atoms with Gasteiger partial charge >= 0.3 is 6.09 Å². The van der Waals surface area contributed by atoms with Gasteiger partial charge in [0.15, 0.2) is 0 Å². The highest BCUT2D eigenvalue weighted by molar-refractivity contribution is 7.89. The molecule has 0 saturated heterocycles. The highest BCUT2D eigenvalue weighted by atomic mass is 32.2. The van der Waals surface area contributed by atoms with Crippen molar-refractivity contribution >= 4 is 16.1 Å². The van der Waals surface area contributed by atoms with E-state index in [0.717, 1.165) is 0 Å². The Morgan fingerprint density at radius 2 is 2.19 bits per heavy atom. The summed E-state index contributed by atoms with van der Waals surface area (Å²) in [5.41, 5.74) is 0.543. The minimum absolute atomic E-state index is 0.0208. The van der Waals surface area contributed by atoms with Gasteiger partial charge in [0, 0.05) is 6.54 Å². The highest BCUT2D eigenvalue weighted by Gasteiger charge is 2.31. The molecule has 1 amide bonds. The Morgan fingerprint density at radius 3 is 2.71 bits per heavy atom. The van der Waals surface area contributed by atoms with Crippen LogP contribution in [-0.2, 0) is 14.8 Å². The van der Waals surface area contributed by atoms with Crippen LogP contribution >= 0.6 is 0 Å². The van der Waals surface area contributed by atoms with Crippen LogP contribution < -0.4 is 0 Å². The fraction of sp³-hybridized carbons (Fsp3) is 0.286. The zero-order valence-corrected chi connectivity index (χ0v) is 12.7. The van der Waals surface area contributed by atoms with Crippen LogP contribution in [-0.4, -0.2) is 32.0 Å². The number of aryl methyl sites for hydroxylation is 1. The van der Waals surface area contributed by atoms with Crippen molar-refractivity contribution in [1.82, 2.24) is 4.31 Å². The first-order valence-corrected chi connectivity index (χ1v) is 7.64. The summed E-state index contributed by atoms with van der Waals surface area (Å²) in [6.07, 6.45) is 0.342. The van der Waals surface area contributed by atoms with E-state index in [9.17, 15) is 13.2 Å². The molecule has 0 aromatic heterocycles. The second kappa shape index (κ2) is 6.90. The molecule has 21 heavy (non-hydrogen) atoms. The van der Waals surface area contributed by atoms with E-state index in [2.05, 4.69) is 6.58 Å². The summed E-state index contributed by atoms with van der Waals surface area (Å²) >= 11 is 0. The van der Waals surface area contributed by atoms with Crippen LogP contribution in [0.2, 0.25) is 0 Å². The molecule has 1 aromatic carbocycles. The number of hydrogen-bond donors (Lipinski definition) is 0. The average molecular weight is 308 g/mol. The van der Waals surface area contributed by atoms with E-state index in [0.29, 0.717) is 9.87 Å². The minimum atomic E-state index is -4.14. The number of ether oxygens (including phenoxy) is 1. The van der Waals surface area contributed by atoms with Crippen molar-refractivity contribution in [3.05, 3.63) is 42.0 Å². The third-order valence-electron chi connectivity index (χ3n) is 2.73. The predicted molar refractivity (Wildman–Crippen MR) is 77.0 cm³/mol. The summed E-state index contributed by atoms with van der Waals surface area (Å²) in [7, 11) is -4.14. The normalized spacial score (nSPS) is 10.5. The van der Waals surface area contributed by atoms with E-state index in [1.807, 2.05) is 6.07 Å². The van der Waals surface area contributed by atoms with Gasteiger partial charge in [0.2, 0.25) is 0 Å². The van der Waals surface area contributed by atoms with Gasteiger partial charge in [-0.1, -0.05) is 24.8 Å². The van der Waals surface area contributed by atoms with Crippen molar-refractivity contribution in [2.75, 3.05) is 13.2 Å². The Bertz CT molecular complexity index is 689. The highest BCUT2D eigenvalue weighted by Crippen LogP contribution is 2.22. The summed E-state index contributed by atoms with van der Waals surface area (Å²) in [6, 6.07) is 6.30. The first kappa shape index (κ1) is 16.7. The van der Waals surface area contributed by atoms with E-state index in [1.54, 1.807) is 13.0 Å². The van der Waals surface area contributed by atoms with Crippen LogP contribution in [0.25, 0.3) is 0 Å². The van der Waals surface area contributed by atoms with E-state index in [-0.39, 0.29) is 23.6 Å². The molecule has 112 valence electrons. The number of carbonyl (C=O) groups is 1. The number of rotatable bonds is 5. The third kappa shape index (κ3) is 3.41. The standard InChI is InChI=1S/C14H16N2O4S/c1-4-9-20-14(17)16(5-2)21(18,19)13-8-6-7-11(3)12(13)10-15/h4,6-8H,1,5,9H2,2-3H3. The zero-order chi connectivity index (χ0) is 16.0. The molecule has 0 fully saturated rings. The van der Waals surface area contributed by atoms with Crippen LogP contribution in [0, 0.1) is 18.3 Å². The summed E-state index contributed by atoms with van der Waals surface area (Å²) < 4.78 is 30.4. The summed E-state index contributed by atoms with van der Waals surface area (Å²) in [4.78, 5) is 11.6. The number of hydrogen-bond acceptors (Lipinski definition) is 5. The van der Waals surface area contributed by atoms with Crippen LogP contribution in [0.4, 0.5) is 4.79 Å². The van der Waals surface area contributed by atoms with Crippen molar-refractivity contribution < 1.29 is 17.9 Å². The van der Waals surface area contributed by atoms with Crippen molar-refractivity contribution in [2.45, 2.75) is 18.7 Å². The van der Waals surface area contributed by atoms with Crippen molar-refractivity contribution in [3.8, 4) is 6.07 Å². The Morgan fingerprint density at radius 1 is 1.52 bits per heavy atom. The molecule has 0 unspecified atom stereocenters. The average Bonchev–Trinajstić information content (AvgIpc) is 2.45. The molecule has 0 radical (unpaired) electrons. The van der Waals surface area contributed by atoms with Crippen LogP contribution in [0.5, 0.6) is 0 Å². The predicted octanol–water partition coefficient (Wildman–Crippen LogP) is 2.20. The maximum Gasteiger partial charge on any atom is 0.424 e. The molecule has 1 aromatic rings. The van der Waals surface area contributed by atoms with Gasteiger partial charge in [0.05, 0.1) is 5.56 Å². The molecule has 0 bridgehead atoms. The van der Waals surface area contributed by atoms with Crippen molar-refractivity contribution in [3.63, 3.8) is 0 Å². The maximum absolute atomic E-state index is 12.5. The Balaban J connectivity index is 3.33. The smallest absolute Gasteiger partial charge is 0.424 e. The molecule has 0 atom stereocenters. The largest absolute Gasteiger partial charge is 0.444 e. The van der Waals surface area contributed by atoms with Gasteiger partial charge in [-0.3, -0.25) is 0 Å². The molecule has 0 N–H and O–H groups in total. The fourth-order valence-corrected chi connectivity index (χ4v) is 3.26. The molecular formula is C14H16N2O4S. The topological polar surface area (TPSA) is 87.5 Å². The molecular weight excluding hydrogens is 292 g/mol. The molecule has 6 nitrogen and oxygen atoms in total. The Labute approximate surface area is 124 Å². The van der Waals surface area contributed by atoms with Gasteiger partial charge in [-0.05, 0) is 25.5 Å². The number of amides is 1. The molecule has 0 aliphatic heterocycles. The second-order valence-corrected chi connectivity index (χ2v) is 5.93. The van der Waals surface area contributed by atoms with Gasteiger partial charge in [0.1, 0.15) is 17.6 Å². The number of benzene rings is 1. The summed E-state index contributed by atoms with van der Waals surface area (Å²) in [6.45, 7) is 6.33. The first-order valence-electron chi connectivity index (χ1n) is 6.20. The quantitative estimate of drug-likeness (QED) is 0.778. The van der Waals surface area contributed by atoms with Crippen molar-refractivity contribution in [1.29, 1.82) is 5.26 Å². The number of carbonyl (C=O) groups excluding carboxylic acids is 1. The van der Waals surface area contributed by atoms with Gasteiger partial charge in [-0.25, -0.2) is 17.5 Å². The van der Waals surface area contributed by atoms with Crippen LogP contribution in [0.15, 0.2) is 35.7 Å². The van der Waals surface area contributed by atoms with Gasteiger partial charge in [-0.15, -0.1) is 0 Å².